The number of primary amides is 1. The molecule has 9 nitrogen and oxygen atoms in total. The lowest BCUT2D eigenvalue weighted by Gasteiger charge is -2.36. The standard InChI is InChI=1S/C22H27N5O4S/c1-15-17(18-6-2-3-10-24-18)5-4-7-19(15)32(30,31)25-20(21(23)28)22(29)27-13-11-26(12-14-27)16-8-9-16/h2-7,10,16,20,25H,8-9,11-14H2,1H3,(H2,23,28)/t20-/m0/s1. The number of nitrogens with one attached hydrogen (secondary N) is 1. The minimum absolute atomic E-state index is 0.0294. The van der Waals surface area contributed by atoms with Crippen LogP contribution in [0.2, 0.25) is 0 Å². The van der Waals surface area contributed by atoms with Crippen molar-refractivity contribution in [1.82, 2.24) is 19.5 Å². The van der Waals surface area contributed by atoms with Crippen molar-refractivity contribution in [2.45, 2.75) is 36.7 Å². The molecule has 1 saturated heterocycles. The van der Waals surface area contributed by atoms with Crippen LogP contribution in [0.4, 0.5) is 0 Å². The van der Waals surface area contributed by atoms with E-state index in [0.717, 1.165) is 0 Å². The minimum Gasteiger partial charge on any atom is -0.368 e. The van der Waals surface area contributed by atoms with Gasteiger partial charge in [0.25, 0.3) is 5.91 Å². The maximum Gasteiger partial charge on any atom is 0.250 e. The number of nitrogens with two attached hydrogens (primary N) is 1. The highest BCUT2D eigenvalue weighted by molar-refractivity contribution is 7.89. The first-order chi connectivity index (χ1) is 15.3. The van der Waals surface area contributed by atoms with Gasteiger partial charge in [0.05, 0.1) is 10.6 Å². The second kappa shape index (κ2) is 8.97. The van der Waals surface area contributed by atoms with Gasteiger partial charge in [-0.1, -0.05) is 18.2 Å². The van der Waals surface area contributed by atoms with Gasteiger partial charge in [0.2, 0.25) is 15.9 Å². The molecule has 3 N–H and O–H groups in total. The van der Waals surface area contributed by atoms with E-state index >= 15 is 0 Å². The molecular formula is C22H27N5O4S. The number of hydrogen-bond donors (Lipinski definition) is 2. The molecule has 1 aliphatic carbocycles. The Bertz CT molecular complexity index is 1110. The van der Waals surface area contributed by atoms with E-state index in [1.165, 1.54) is 23.8 Å². The molecule has 2 aliphatic rings. The molecule has 1 aliphatic heterocycles. The summed E-state index contributed by atoms with van der Waals surface area (Å²) in [4.78, 5) is 33.1. The van der Waals surface area contributed by atoms with Crippen LogP contribution in [0.25, 0.3) is 11.3 Å². The van der Waals surface area contributed by atoms with Crippen molar-refractivity contribution in [3.8, 4) is 11.3 Å². The van der Waals surface area contributed by atoms with Gasteiger partial charge < -0.3 is 10.6 Å². The number of nitrogens with zero attached hydrogens (tertiary/aromatic N) is 3. The molecule has 1 aromatic heterocycles. The van der Waals surface area contributed by atoms with Crippen molar-refractivity contribution < 1.29 is 18.0 Å². The fraction of sp³-hybridized carbons (Fsp3) is 0.409. The first-order valence-electron chi connectivity index (χ1n) is 10.6. The predicted molar refractivity (Wildman–Crippen MR) is 119 cm³/mol. The zero-order valence-corrected chi connectivity index (χ0v) is 18.7. The Balaban J connectivity index is 1.54. The van der Waals surface area contributed by atoms with E-state index < -0.39 is 27.9 Å². The minimum atomic E-state index is -4.20. The molecule has 2 amide bonds. The predicted octanol–water partition coefficient (Wildman–Crippen LogP) is 0.496. The SMILES string of the molecule is Cc1c(-c2ccccn2)cccc1S(=O)(=O)N[C@@H](C(N)=O)C(=O)N1CCN(C2CC2)CC1. The van der Waals surface area contributed by atoms with Gasteiger partial charge in [-0.15, -0.1) is 0 Å². The Kier molecular flexibility index (Phi) is 6.27. The van der Waals surface area contributed by atoms with Crippen LogP contribution in [0.5, 0.6) is 0 Å². The molecule has 4 rings (SSSR count). The summed E-state index contributed by atoms with van der Waals surface area (Å²) in [5, 5.41) is 0. The molecule has 2 fully saturated rings. The van der Waals surface area contributed by atoms with E-state index in [-0.39, 0.29) is 4.90 Å². The number of carbonyl (C=O) groups is 2. The first-order valence-corrected chi connectivity index (χ1v) is 12.1. The molecule has 170 valence electrons. The number of hydrogen-bond acceptors (Lipinski definition) is 6. The summed E-state index contributed by atoms with van der Waals surface area (Å²) >= 11 is 0. The molecule has 1 saturated carbocycles. The van der Waals surface area contributed by atoms with Gasteiger partial charge in [0.15, 0.2) is 6.04 Å². The van der Waals surface area contributed by atoms with Gasteiger partial charge in [0.1, 0.15) is 0 Å². The number of pyridine rings is 1. The Morgan fingerprint density at radius 3 is 2.41 bits per heavy atom. The lowest BCUT2D eigenvalue weighted by molar-refractivity contribution is -0.139. The van der Waals surface area contributed by atoms with Crippen molar-refractivity contribution in [3.05, 3.63) is 48.2 Å². The summed E-state index contributed by atoms with van der Waals surface area (Å²) < 4.78 is 28.6. The molecule has 32 heavy (non-hydrogen) atoms. The van der Waals surface area contributed by atoms with Crippen LogP contribution in [0.1, 0.15) is 18.4 Å². The summed E-state index contributed by atoms with van der Waals surface area (Å²) in [6.07, 6.45) is 3.97. The summed E-state index contributed by atoms with van der Waals surface area (Å²) in [5.74, 6) is -1.64. The Morgan fingerprint density at radius 2 is 1.81 bits per heavy atom. The number of rotatable bonds is 7. The van der Waals surface area contributed by atoms with Crippen LogP contribution in [-0.4, -0.2) is 73.3 Å². The quantitative estimate of drug-likeness (QED) is 0.583. The summed E-state index contributed by atoms with van der Waals surface area (Å²) in [7, 11) is -4.20. The average Bonchev–Trinajstić information content (AvgIpc) is 3.63. The Hall–Kier alpha value is -2.82. The Labute approximate surface area is 187 Å². The number of piperazine rings is 1. The topological polar surface area (TPSA) is 126 Å². The van der Waals surface area contributed by atoms with Crippen molar-refractivity contribution in [1.29, 1.82) is 0 Å². The van der Waals surface area contributed by atoms with Crippen LogP contribution >= 0.6 is 0 Å². The average molecular weight is 458 g/mol. The molecule has 0 unspecified atom stereocenters. The van der Waals surface area contributed by atoms with E-state index in [0.29, 0.717) is 49.0 Å². The van der Waals surface area contributed by atoms with E-state index in [2.05, 4.69) is 14.6 Å². The number of amides is 2. The highest BCUT2D eigenvalue weighted by Crippen LogP contribution is 2.28. The molecule has 0 radical (unpaired) electrons. The van der Waals surface area contributed by atoms with E-state index in [4.69, 9.17) is 5.73 Å². The number of carbonyl (C=O) groups excluding carboxylic acids is 2. The number of benzene rings is 1. The van der Waals surface area contributed by atoms with Crippen molar-refractivity contribution in [2.75, 3.05) is 26.2 Å². The van der Waals surface area contributed by atoms with Crippen LogP contribution in [-0.2, 0) is 19.6 Å². The van der Waals surface area contributed by atoms with E-state index in [1.807, 2.05) is 6.07 Å². The molecular weight excluding hydrogens is 430 g/mol. The fourth-order valence-electron chi connectivity index (χ4n) is 4.08. The van der Waals surface area contributed by atoms with E-state index in [1.54, 1.807) is 37.4 Å². The number of sulfonamides is 1. The van der Waals surface area contributed by atoms with Crippen molar-refractivity contribution >= 4 is 21.8 Å². The normalized spacial score (nSPS) is 18.3. The molecule has 2 aromatic rings. The zero-order valence-electron chi connectivity index (χ0n) is 17.9. The van der Waals surface area contributed by atoms with Crippen LogP contribution in [0.15, 0.2) is 47.5 Å². The van der Waals surface area contributed by atoms with Crippen LogP contribution < -0.4 is 10.5 Å². The third-order valence-corrected chi connectivity index (χ3v) is 7.58. The second-order valence-corrected chi connectivity index (χ2v) is 9.88. The lowest BCUT2D eigenvalue weighted by Crippen LogP contribution is -2.58. The first kappa shape index (κ1) is 22.4. The van der Waals surface area contributed by atoms with Gasteiger partial charge >= 0.3 is 0 Å². The monoisotopic (exact) mass is 457 g/mol. The highest BCUT2D eigenvalue weighted by Gasteiger charge is 2.37. The number of aromatic nitrogens is 1. The van der Waals surface area contributed by atoms with Crippen LogP contribution in [0, 0.1) is 6.92 Å². The Morgan fingerprint density at radius 1 is 1.09 bits per heavy atom. The smallest absolute Gasteiger partial charge is 0.250 e. The third-order valence-electron chi connectivity index (χ3n) is 6.01. The van der Waals surface area contributed by atoms with Gasteiger partial charge in [-0.2, -0.15) is 4.72 Å². The molecule has 0 spiro atoms. The summed E-state index contributed by atoms with van der Waals surface area (Å²) in [5.41, 5.74) is 7.17. The zero-order chi connectivity index (χ0) is 22.9. The van der Waals surface area contributed by atoms with Gasteiger partial charge in [-0.05, 0) is 43.5 Å². The lowest BCUT2D eigenvalue weighted by atomic mass is 10.1. The van der Waals surface area contributed by atoms with Crippen molar-refractivity contribution in [2.24, 2.45) is 5.73 Å². The molecule has 0 bridgehead atoms. The molecule has 10 heteroatoms. The fourth-order valence-corrected chi connectivity index (χ4v) is 5.51. The van der Waals surface area contributed by atoms with Crippen molar-refractivity contribution in [3.63, 3.8) is 0 Å². The molecule has 1 aromatic carbocycles. The third kappa shape index (κ3) is 4.67. The largest absolute Gasteiger partial charge is 0.368 e. The van der Waals surface area contributed by atoms with Crippen LogP contribution in [0.3, 0.4) is 0 Å². The molecule has 1 atom stereocenters. The highest BCUT2D eigenvalue weighted by atomic mass is 32.2. The summed E-state index contributed by atoms with van der Waals surface area (Å²) in [6, 6.07) is 9.10. The molecule has 2 heterocycles. The second-order valence-electron chi connectivity index (χ2n) is 8.19. The van der Waals surface area contributed by atoms with E-state index in [9.17, 15) is 18.0 Å². The van der Waals surface area contributed by atoms with Gasteiger partial charge in [0, 0.05) is 44.0 Å². The maximum atomic E-state index is 13.2. The van der Waals surface area contributed by atoms with Gasteiger partial charge in [-0.25, -0.2) is 8.42 Å². The summed E-state index contributed by atoms with van der Waals surface area (Å²) in [6.45, 7) is 3.96. The maximum absolute atomic E-state index is 13.2. The van der Waals surface area contributed by atoms with Gasteiger partial charge in [-0.3, -0.25) is 19.5 Å².